The first-order chi connectivity index (χ1) is 11.3. The Bertz CT molecular complexity index is 675. The number of amidine groups is 1. The van der Waals surface area contributed by atoms with Gasteiger partial charge in [0, 0.05) is 18.7 Å². The Morgan fingerprint density at radius 2 is 1.52 bits per heavy atom. The van der Waals surface area contributed by atoms with E-state index in [-0.39, 0.29) is 11.6 Å². The number of hydrogen-bond donors (Lipinski definition) is 1. The van der Waals surface area contributed by atoms with Crippen LogP contribution in [-0.2, 0) is 0 Å². The van der Waals surface area contributed by atoms with E-state index in [4.69, 9.17) is 0 Å². The predicted octanol–water partition coefficient (Wildman–Crippen LogP) is 3.54. The molecule has 1 fully saturated rings. The Morgan fingerprint density at radius 3 is 2.09 bits per heavy atom. The lowest BCUT2D eigenvalue weighted by Gasteiger charge is -2.33. The third-order valence-corrected chi connectivity index (χ3v) is 4.40. The Labute approximate surface area is 136 Å². The summed E-state index contributed by atoms with van der Waals surface area (Å²) in [6.45, 7) is 1.44. The summed E-state index contributed by atoms with van der Waals surface area (Å²) < 4.78 is 0. The average molecular weight is 308 g/mol. The van der Waals surface area contributed by atoms with E-state index in [0.29, 0.717) is 11.5 Å². The van der Waals surface area contributed by atoms with Gasteiger partial charge in [0.15, 0.2) is 0 Å². The Balaban J connectivity index is 1.67. The third kappa shape index (κ3) is 3.42. The molecule has 0 aromatic heterocycles. The van der Waals surface area contributed by atoms with Crippen LogP contribution in [-0.4, -0.2) is 34.8 Å². The summed E-state index contributed by atoms with van der Waals surface area (Å²) in [5, 5.41) is 12.6. The Kier molecular flexibility index (Phi) is 4.71. The smallest absolute Gasteiger partial charge is 0.231 e. The zero-order chi connectivity index (χ0) is 16.1. The lowest BCUT2D eigenvalue weighted by atomic mass is 9.89. The first-order valence-corrected chi connectivity index (χ1v) is 7.91. The minimum atomic E-state index is -0.230. The second-order valence-electron chi connectivity index (χ2n) is 5.79. The first-order valence-electron chi connectivity index (χ1n) is 7.91. The number of ketones is 1. The summed E-state index contributed by atoms with van der Waals surface area (Å²) in [7, 11) is 0. The fourth-order valence-corrected chi connectivity index (χ4v) is 3.12. The molecule has 0 atom stereocenters. The molecule has 1 saturated heterocycles. The molecule has 1 aliphatic heterocycles. The number of Topliss-reactive ketones (excluding diaryl/α,β-unsaturated/α-hetero) is 1. The Morgan fingerprint density at radius 1 is 0.957 bits per heavy atom. The maximum atomic E-state index is 12.5. The van der Waals surface area contributed by atoms with E-state index in [2.05, 4.69) is 29.4 Å². The van der Waals surface area contributed by atoms with Crippen LogP contribution in [0.5, 0.6) is 0 Å². The molecule has 0 spiro atoms. The number of likely N-dealkylation sites (tertiary alicyclic amines) is 1. The zero-order valence-corrected chi connectivity index (χ0v) is 12.9. The number of rotatable bonds is 3. The van der Waals surface area contributed by atoms with Gasteiger partial charge in [-0.2, -0.15) is 0 Å². The molecular weight excluding hydrogens is 288 g/mol. The molecule has 1 heterocycles. The van der Waals surface area contributed by atoms with Crippen LogP contribution in [0.4, 0.5) is 0 Å². The van der Waals surface area contributed by atoms with E-state index in [0.717, 1.165) is 25.9 Å². The normalized spacial score (nSPS) is 16.3. The van der Waals surface area contributed by atoms with Crippen LogP contribution >= 0.6 is 0 Å². The molecular formula is C19H20N2O2. The number of carbonyl (C=O) groups excluding carboxylic acids is 1. The maximum absolute atomic E-state index is 12.5. The van der Waals surface area contributed by atoms with Crippen LogP contribution in [0, 0.1) is 0 Å². The molecule has 3 rings (SSSR count). The van der Waals surface area contributed by atoms with Crippen molar-refractivity contribution < 1.29 is 10.0 Å². The SMILES string of the molecule is O=C(/C(=N\O)N1CCC(c2ccccc2)CC1)c1ccccc1. The zero-order valence-electron chi connectivity index (χ0n) is 12.9. The minimum absolute atomic E-state index is 0.141. The molecule has 0 radical (unpaired) electrons. The van der Waals surface area contributed by atoms with Gasteiger partial charge in [-0.15, -0.1) is 0 Å². The van der Waals surface area contributed by atoms with Crippen molar-refractivity contribution in [2.45, 2.75) is 18.8 Å². The molecule has 1 N–H and O–H groups in total. The van der Waals surface area contributed by atoms with Crippen LogP contribution in [0.15, 0.2) is 65.8 Å². The van der Waals surface area contributed by atoms with Gasteiger partial charge >= 0.3 is 0 Å². The van der Waals surface area contributed by atoms with Gasteiger partial charge in [0.05, 0.1) is 0 Å². The molecule has 2 aromatic rings. The van der Waals surface area contributed by atoms with E-state index >= 15 is 0 Å². The molecule has 4 nitrogen and oxygen atoms in total. The monoisotopic (exact) mass is 308 g/mol. The molecule has 0 amide bonds. The number of oxime groups is 1. The van der Waals surface area contributed by atoms with Crippen molar-refractivity contribution in [2.75, 3.05) is 13.1 Å². The summed E-state index contributed by atoms with van der Waals surface area (Å²) in [5.41, 5.74) is 1.88. The maximum Gasteiger partial charge on any atom is 0.231 e. The molecule has 4 heteroatoms. The van der Waals surface area contributed by atoms with Crippen molar-refractivity contribution in [1.29, 1.82) is 0 Å². The molecule has 0 saturated carbocycles. The molecule has 2 aromatic carbocycles. The minimum Gasteiger partial charge on any atom is -0.409 e. The van der Waals surface area contributed by atoms with Gasteiger partial charge in [-0.05, 0) is 24.3 Å². The molecule has 0 bridgehead atoms. The number of carbonyl (C=O) groups is 1. The summed E-state index contributed by atoms with van der Waals surface area (Å²) >= 11 is 0. The van der Waals surface area contributed by atoms with Crippen molar-refractivity contribution in [3.05, 3.63) is 71.8 Å². The van der Waals surface area contributed by atoms with Gasteiger partial charge in [-0.3, -0.25) is 4.79 Å². The van der Waals surface area contributed by atoms with Crippen molar-refractivity contribution in [3.63, 3.8) is 0 Å². The molecule has 0 unspecified atom stereocenters. The summed E-state index contributed by atoms with van der Waals surface area (Å²) in [6, 6.07) is 19.4. The number of hydrogen-bond acceptors (Lipinski definition) is 3. The van der Waals surface area contributed by atoms with Crippen molar-refractivity contribution in [2.24, 2.45) is 5.16 Å². The van der Waals surface area contributed by atoms with E-state index in [1.165, 1.54) is 5.56 Å². The van der Waals surface area contributed by atoms with Gasteiger partial charge in [-0.25, -0.2) is 0 Å². The van der Waals surface area contributed by atoms with Crippen molar-refractivity contribution in [1.82, 2.24) is 4.90 Å². The number of nitrogens with zero attached hydrogens (tertiary/aromatic N) is 2. The van der Waals surface area contributed by atoms with Gasteiger partial charge in [0.25, 0.3) is 0 Å². The quantitative estimate of drug-likeness (QED) is 0.310. The molecule has 0 aliphatic carbocycles. The van der Waals surface area contributed by atoms with E-state index in [1.807, 2.05) is 29.2 Å². The highest BCUT2D eigenvalue weighted by molar-refractivity contribution is 6.44. The molecule has 1 aliphatic rings. The molecule has 118 valence electrons. The fraction of sp³-hybridized carbons (Fsp3) is 0.263. The largest absolute Gasteiger partial charge is 0.409 e. The number of piperidine rings is 1. The van der Waals surface area contributed by atoms with Crippen LogP contribution in [0.3, 0.4) is 0 Å². The lowest BCUT2D eigenvalue weighted by Crippen LogP contribution is -2.42. The highest BCUT2D eigenvalue weighted by Crippen LogP contribution is 2.28. The topological polar surface area (TPSA) is 52.9 Å². The first kappa shape index (κ1) is 15.3. The second kappa shape index (κ2) is 7.09. The van der Waals surface area contributed by atoms with E-state index < -0.39 is 0 Å². The second-order valence-corrected chi connectivity index (χ2v) is 5.79. The molecule has 23 heavy (non-hydrogen) atoms. The van der Waals surface area contributed by atoms with Crippen LogP contribution < -0.4 is 0 Å². The van der Waals surface area contributed by atoms with Crippen LogP contribution in [0.25, 0.3) is 0 Å². The standard InChI is InChI=1S/C19H20N2O2/c22-18(17-9-5-2-6-10-17)19(20-23)21-13-11-16(12-14-21)15-7-3-1-4-8-15/h1-10,16,23H,11-14H2/b20-19+. The van der Waals surface area contributed by atoms with Crippen molar-refractivity contribution >= 4 is 11.6 Å². The van der Waals surface area contributed by atoms with E-state index in [9.17, 15) is 10.0 Å². The Hall–Kier alpha value is -2.62. The number of benzene rings is 2. The van der Waals surface area contributed by atoms with Gasteiger partial charge in [0.1, 0.15) is 0 Å². The highest BCUT2D eigenvalue weighted by atomic mass is 16.4. The fourth-order valence-electron chi connectivity index (χ4n) is 3.12. The summed E-state index contributed by atoms with van der Waals surface area (Å²) in [6.07, 6.45) is 1.90. The van der Waals surface area contributed by atoms with E-state index in [1.54, 1.807) is 12.1 Å². The summed E-state index contributed by atoms with van der Waals surface area (Å²) in [5.74, 6) is 0.410. The third-order valence-electron chi connectivity index (χ3n) is 4.40. The van der Waals surface area contributed by atoms with Gasteiger partial charge < -0.3 is 10.1 Å². The van der Waals surface area contributed by atoms with Crippen molar-refractivity contribution in [3.8, 4) is 0 Å². The predicted molar refractivity (Wildman–Crippen MR) is 90.0 cm³/mol. The van der Waals surface area contributed by atoms with Crippen LogP contribution in [0.1, 0.15) is 34.7 Å². The summed E-state index contributed by atoms with van der Waals surface area (Å²) in [4.78, 5) is 14.4. The lowest BCUT2D eigenvalue weighted by molar-refractivity contribution is 0.103. The van der Waals surface area contributed by atoms with Gasteiger partial charge in [-0.1, -0.05) is 65.8 Å². The van der Waals surface area contributed by atoms with Gasteiger partial charge in [0.2, 0.25) is 11.6 Å². The van der Waals surface area contributed by atoms with Crippen LogP contribution in [0.2, 0.25) is 0 Å². The average Bonchev–Trinajstić information content (AvgIpc) is 2.64. The highest BCUT2D eigenvalue weighted by Gasteiger charge is 2.27.